The van der Waals surface area contributed by atoms with Gasteiger partial charge in [0, 0.05) is 7.05 Å². The molecule has 0 saturated carbocycles. The summed E-state index contributed by atoms with van der Waals surface area (Å²) in [5.74, 6) is 0.867. The van der Waals surface area contributed by atoms with Crippen LogP contribution in [0.1, 0.15) is 11.6 Å². The molecule has 0 aromatic heterocycles. The lowest BCUT2D eigenvalue weighted by molar-refractivity contribution is -0.125. The fraction of sp³-hybridized carbons (Fsp3) is 0.316. The van der Waals surface area contributed by atoms with E-state index in [1.165, 1.54) is 7.05 Å². The van der Waals surface area contributed by atoms with Crippen molar-refractivity contribution < 1.29 is 22.7 Å². The molecule has 3 rings (SSSR count). The molecule has 1 aliphatic heterocycles. The Balaban J connectivity index is 1.70. The molecule has 0 aliphatic carbocycles. The number of amides is 1. The van der Waals surface area contributed by atoms with Gasteiger partial charge >= 0.3 is 0 Å². The van der Waals surface area contributed by atoms with Crippen molar-refractivity contribution in [1.29, 1.82) is 0 Å². The highest BCUT2D eigenvalue weighted by Crippen LogP contribution is 2.30. The van der Waals surface area contributed by atoms with E-state index in [0.717, 1.165) is 10.6 Å². The van der Waals surface area contributed by atoms with Gasteiger partial charge in [-0.3, -0.25) is 4.79 Å². The SMILES string of the molecule is CN([C@@H](C(=O)NC[C@H]1COc2ccccc2O1)c1ccccc1)S(C)(=O)=O. The highest BCUT2D eigenvalue weighted by atomic mass is 32.2. The molecule has 144 valence electrons. The Hall–Kier alpha value is -2.58. The predicted molar refractivity (Wildman–Crippen MR) is 101 cm³/mol. The third-order valence-corrected chi connectivity index (χ3v) is 5.58. The number of para-hydroxylation sites is 2. The molecule has 27 heavy (non-hydrogen) atoms. The minimum absolute atomic E-state index is 0.202. The van der Waals surface area contributed by atoms with Crippen molar-refractivity contribution in [3.63, 3.8) is 0 Å². The summed E-state index contributed by atoms with van der Waals surface area (Å²) in [6.45, 7) is 0.503. The van der Waals surface area contributed by atoms with E-state index >= 15 is 0 Å². The van der Waals surface area contributed by atoms with Gasteiger partial charge in [-0.1, -0.05) is 42.5 Å². The van der Waals surface area contributed by atoms with Gasteiger partial charge in [-0.15, -0.1) is 0 Å². The number of hydrogen-bond acceptors (Lipinski definition) is 5. The fourth-order valence-electron chi connectivity index (χ4n) is 2.83. The molecule has 0 saturated heterocycles. The summed E-state index contributed by atoms with van der Waals surface area (Å²) in [5, 5.41) is 2.78. The topological polar surface area (TPSA) is 84.9 Å². The maximum atomic E-state index is 12.8. The van der Waals surface area contributed by atoms with E-state index in [4.69, 9.17) is 9.47 Å². The number of sulfonamides is 1. The van der Waals surface area contributed by atoms with Crippen molar-refractivity contribution in [3.05, 3.63) is 60.2 Å². The molecule has 0 bridgehead atoms. The molecule has 2 atom stereocenters. The van der Waals surface area contributed by atoms with Crippen molar-refractivity contribution in [2.24, 2.45) is 0 Å². The number of ether oxygens (including phenoxy) is 2. The van der Waals surface area contributed by atoms with Gasteiger partial charge in [0.05, 0.1) is 12.8 Å². The largest absolute Gasteiger partial charge is 0.486 e. The van der Waals surface area contributed by atoms with Crippen LogP contribution in [0.25, 0.3) is 0 Å². The minimum atomic E-state index is -3.56. The number of carbonyl (C=O) groups excluding carboxylic acids is 1. The van der Waals surface area contributed by atoms with Crippen LogP contribution < -0.4 is 14.8 Å². The summed E-state index contributed by atoms with van der Waals surface area (Å²) in [5.41, 5.74) is 0.592. The Bertz CT molecular complexity index is 901. The molecule has 2 aromatic rings. The molecule has 1 heterocycles. The molecule has 0 radical (unpaired) electrons. The van der Waals surface area contributed by atoms with Crippen molar-refractivity contribution in [1.82, 2.24) is 9.62 Å². The van der Waals surface area contributed by atoms with Crippen molar-refractivity contribution in [2.45, 2.75) is 12.1 Å². The van der Waals surface area contributed by atoms with Gasteiger partial charge in [0.25, 0.3) is 0 Å². The second-order valence-electron chi connectivity index (χ2n) is 6.34. The molecule has 8 heteroatoms. The van der Waals surface area contributed by atoms with Gasteiger partial charge < -0.3 is 14.8 Å². The van der Waals surface area contributed by atoms with Crippen LogP contribution in [-0.4, -0.2) is 51.2 Å². The number of likely N-dealkylation sites (N-methyl/N-ethyl adjacent to an activating group) is 1. The van der Waals surface area contributed by atoms with Gasteiger partial charge in [-0.2, -0.15) is 4.31 Å². The minimum Gasteiger partial charge on any atom is -0.486 e. The highest BCUT2D eigenvalue weighted by Gasteiger charge is 2.31. The van der Waals surface area contributed by atoms with Crippen LogP contribution in [0.5, 0.6) is 11.5 Å². The van der Waals surface area contributed by atoms with Gasteiger partial charge in [-0.25, -0.2) is 8.42 Å². The Morgan fingerprint density at radius 1 is 1.15 bits per heavy atom. The molecule has 0 fully saturated rings. The van der Waals surface area contributed by atoms with Crippen molar-refractivity contribution >= 4 is 15.9 Å². The first-order valence-corrected chi connectivity index (χ1v) is 10.4. The smallest absolute Gasteiger partial charge is 0.243 e. The Labute approximate surface area is 158 Å². The number of benzene rings is 2. The molecular formula is C19H22N2O5S. The molecule has 0 unspecified atom stereocenters. The van der Waals surface area contributed by atoms with Crippen LogP contribution in [0.2, 0.25) is 0 Å². The molecule has 1 aliphatic rings. The number of rotatable bonds is 6. The fourth-order valence-corrected chi connectivity index (χ4v) is 3.43. The van der Waals surface area contributed by atoms with E-state index in [1.54, 1.807) is 30.3 Å². The molecule has 0 spiro atoms. The summed E-state index contributed by atoms with van der Waals surface area (Å²) in [6.07, 6.45) is 0.717. The second-order valence-corrected chi connectivity index (χ2v) is 8.38. The maximum Gasteiger partial charge on any atom is 0.243 e. The zero-order chi connectivity index (χ0) is 19.4. The predicted octanol–water partition coefficient (Wildman–Crippen LogP) is 1.58. The maximum absolute atomic E-state index is 12.8. The van der Waals surface area contributed by atoms with Crippen LogP contribution in [0, 0.1) is 0 Å². The number of fused-ring (bicyclic) bond motifs is 1. The third kappa shape index (κ3) is 4.58. The quantitative estimate of drug-likeness (QED) is 0.809. The molecule has 7 nitrogen and oxygen atoms in total. The lowest BCUT2D eigenvalue weighted by Gasteiger charge is -2.29. The molecule has 2 aromatic carbocycles. The molecule has 1 amide bonds. The summed E-state index contributed by atoms with van der Waals surface area (Å²) in [6, 6.07) is 15.1. The summed E-state index contributed by atoms with van der Waals surface area (Å²) in [4.78, 5) is 12.8. The van der Waals surface area contributed by atoms with Crippen LogP contribution in [0.15, 0.2) is 54.6 Å². The van der Waals surface area contributed by atoms with Gasteiger partial charge in [0.2, 0.25) is 15.9 Å². The normalized spacial score (nSPS) is 17.4. The van der Waals surface area contributed by atoms with Gasteiger partial charge in [-0.05, 0) is 17.7 Å². The van der Waals surface area contributed by atoms with E-state index in [2.05, 4.69) is 5.32 Å². The van der Waals surface area contributed by atoms with E-state index in [9.17, 15) is 13.2 Å². The second kappa shape index (κ2) is 7.98. The van der Waals surface area contributed by atoms with E-state index in [0.29, 0.717) is 23.7 Å². The summed E-state index contributed by atoms with van der Waals surface area (Å²) < 4.78 is 36.5. The Morgan fingerprint density at radius 3 is 2.44 bits per heavy atom. The van der Waals surface area contributed by atoms with Crippen LogP contribution in [0.3, 0.4) is 0 Å². The molecular weight excluding hydrogens is 368 g/mol. The van der Waals surface area contributed by atoms with E-state index in [1.807, 2.05) is 24.3 Å². The first kappa shape index (κ1) is 19.2. The van der Waals surface area contributed by atoms with E-state index < -0.39 is 22.0 Å². The summed E-state index contributed by atoms with van der Waals surface area (Å²) >= 11 is 0. The number of carbonyl (C=O) groups is 1. The lowest BCUT2D eigenvalue weighted by atomic mass is 10.1. The van der Waals surface area contributed by atoms with Crippen molar-refractivity contribution in [2.75, 3.05) is 26.5 Å². The lowest BCUT2D eigenvalue weighted by Crippen LogP contribution is -2.46. The Morgan fingerprint density at radius 2 is 1.78 bits per heavy atom. The van der Waals surface area contributed by atoms with Crippen LogP contribution >= 0.6 is 0 Å². The highest BCUT2D eigenvalue weighted by molar-refractivity contribution is 7.88. The standard InChI is InChI=1S/C19H22N2O5S/c1-21(27(2,23)24)18(14-8-4-3-5-9-14)19(22)20-12-15-13-25-16-10-6-7-11-17(16)26-15/h3-11,15,18H,12-13H2,1-2H3,(H,20,22)/t15-,18+/m0/s1. The first-order valence-electron chi connectivity index (χ1n) is 8.50. The number of hydrogen-bond donors (Lipinski definition) is 1. The first-order chi connectivity index (χ1) is 12.9. The monoisotopic (exact) mass is 390 g/mol. The Kier molecular flexibility index (Phi) is 5.67. The third-order valence-electron chi connectivity index (χ3n) is 4.32. The number of nitrogens with zero attached hydrogens (tertiary/aromatic N) is 1. The van der Waals surface area contributed by atoms with Crippen LogP contribution in [0.4, 0.5) is 0 Å². The zero-order valence-corrected chi connectivity index (χ0v) is 16.0. The average molecular weight is 390 g/mol. The molecule has 1 N–H and O–H groups in total. The average Bonchev–Trinajstić information content (AvgIpc) is 2.66. The van der Waals surface area contributed by atoms with E-state index in [-0.39, 0.29) is 12.6 Å². The van der Waals surface area contributed by atoms with Crippen LogP contribution in [-0.2, 0) is 14.8 Å². The zero-order valence-electron chi connectivity index (χ0n) is 15.2. The number of nitrogens with one attached hydrogen (secondary N) is 1. The van der Waals surface area contributed by atoms with Gasteiger partial charge in [0.1, 0.15) is 18.8 Å². The van der Waals surface area contributed by atoms with Gasteiger partial charge in [0.15, 0.2) is 11.5 Å². The van der Waals surface area contributed by atoms with Crippen molar-refractivity contribution in [3.8, 4) is 11.5 Å². The summed E-state index contributed by atoms with van der Waals surface area (Å²) in [7, 11) is -2.17.